The summed E-state index contributed by atoms with van der Waals surface area (Å²) in [6, 6.07) is 0. The highest BCUT2D eigenvalue weighted by Gasteiger charge is 3.70. The first-order valence-corrected chi connectivity index (χ1v) is 25.4. The normalized spacial score (nSPS) is 139. The third kappa shape index (κ3) is 0.375. The molecule has 36 fully saturated rings. The Morgan fingerprint density at radius 2 is 0.725 bits per heavy atom. The van der Waals surface area contributed by atoms with Crippen molar-refractivity contribution in [1.29, 1.82) is 0 Å². The summed E-state index contributed by atoms with van der Waals surface area (Å²) in [5.74, 6) is 30.6. The standard InChI is InChI=1S/C51H32/c1-2-8-18-23-14-6(1)15-24-27-26-21-12-4-11-20-19-10-3-9-17-13-7-5-28(8)32-16(7)25-22(13)40-34(17)29(9,10)35(19)36(20)30(11,12)37(21)42(26)43(27)39(24)31(14,15)38(23)33(18,28)44(32)47(38,39)51(43)49(44,41(25,32)40)48(40)45(34,35)46(36,37)50(42,48)51/h6-27H,1-5H2. The molecule has 0 saturated heterocycles. The van der Waals surface area contributed by atoms with E-state index >= 15 is 0 Å². The van der Waals surface area contributed by atoms with Gasteiger partial charge in [-0.25, -0.2) is 0 Å². The first kappa shape index (κ1) is 17.2. The van der Waals surface area contributed by atoms with Crippen LogP contribution in [0.5, 0.6) is 0 Å². The van der Waals surface area contributed by atoms with Crippen molar-refractivity contribution in [3.63, 3.8) is 0 Å². The van der Waals surface area contributed by atoms with Crippen molar-refractivity contribution in [3.05, 3.63) is 0 Å². The van der Waals surface area contributed by atoms with Crippen molar-refractivity contribution in [2.75, 3.05) is 0 Å². The van der Waals surface area contributed by atoms with Crippen LogP contribution in [0, 0.1) is 260 Å². The van der Waals surface area contributed by atoms with Gasteiger partial charge >= 0.3 is 0 Å². The highest BCUT2D eigenvalue weighted by atomic mass is 15.7. The molecule has 0 nitrogen and oxygen atoms in total. The topological polar surface area (TPSA) is 0 Å². The lowest BCUT2D eigenvalue weighted by atomic mass is 8.35. The van der Waals surface area contributed by atoms with Gasteiger partial charge in [0.1, 0.15) is 0 Å². The van der Waals surface area contributed by atoms with Gasteiger partial charge < -0.3 is 0 Å². The van der Waals surface area contributed by atoms with Crippen LogP contribution in [0.4, 0.5) is 0 Å². The van der Waals surface area contributed by atoms with Crippen LogP contribution in [-0.2, 0) is 0 Å². The van der Waals surface area contributed by atoms with Gasteiger partial charge in [-0.15, -0.1) is 0 Å². The first-order valence-electron chi connectivity index (χ1n) is 25.4. The van der Waals surface area contributed by atoms with E-state index in [2.05, 4.69) is 0 Å². The minimum atomic E-state index is 1.04. The molecule has 36 saturated carbocycles. The van der Waals surface area contributed by atoms with E-state index in [-0.39, 0.29) is 0 Å². The van der Waals surface area contributed by atoms with E-state index in [1.165, 1.54) is 130 Å². The van der Waals surface area contributed by atoms with Crippen molar-refractivity contribution >= 4 is 0 Å². The van der Waals surface area contributed by atoms with E-state index in [9.17, 15) is 0 Å². The third-order valence-electron chi connectivity index (χ3n) is 43.8. The summed E-state index contributed by atoms with van der Waals surface area (Å²) in [5, 5.41) is 0. The van der Waals surface area contributed by atoms with Gasteiger partial charge in [-0.1, -0.05) is 0 Å². The minimum absolute atomic E-state index is 1.04. The molecule has 0 aromatic carbocycles. The molecule has 0 radical (unpaired) electrons. The molecule has 0 heterocycles. The molecule has 36 rings (SSSR count). The van der Waals surface area contributed by atoms with Crippen molar-refractivity contribution in [2.24, 2.45) is 260 Å². The fraction of sp³-hybridized carbons (Fsp3) is 1.00. The van der Waals surface area contributed by atoms with Crippen molar-refractivity contribution in [3.8, 4) is 0 Å². The molecule has 0 heteroatoms. The molecule has 46 unspecified atom stereocenters. The zero-order valence-corrected chi connectivity index (χ0v) is 28.2. The van der Waals surface area contributed by atoms with E-state index in [1.807, 2.05) is 32.1 Å². The summed E-state index contributed by atoms with van der Waals surface area (Å²) >= 11 is 0. The number of hydrogen-bond acceptors (Lipinski definition) is 0. The average Bonchev–Trinajstić information content (AvgIpc) is 3.47. The first-order chi connectivity index (χ1) is 25.4. The van der Waals surface area contributed by atoms with E-state index in [0.717, 1.165) is 130 Å². The highest BCUT2D eigenvalue weighted by Crippen LogP contribution is 3.71. The lowest BCUT2D eigenvalue weighted by Crippen LogP contribution is -3.66. The Bertz CT molecular complexity index is 3330. The Morgan fingerprint density at radius 3 is 1.47 bits per heavy atom. The Hall–Kier alpha value is 0. The Morgan fingerprint density at radius 1 is 0.275 bits per heavy atom. The van der Waals surface area contributed by atoms with Crippen LogP contribution in [0.15, 0.2) is 0 Å². The molecule has 236 valence electrons. The van der Waals surface area contributed by atoms with Crippen molar-refractivity contribution < 1.29 is 0 Å². The molecule has 51 heavy (non-hydrogen) atoms. The average molecular weight is 645 g/mol. The fourth-order valence-corrected chi connectivity index (χ4v) is 56.1. The molecule has 0 aromatic rings. The van der Waals surface area contributed by atoms with Gasteiger partial charge in [0.15, 0.2) is 0 Å². The summed E-state index contributed by atoms with van der Waals surface area (Å²) in [6.07, 6.45) is 9.36. The number of hydrogen-bond donors (Lipinski definition) is 0. The highest BCUT2D eigenvalue weighted by molar-refractivity contribution is 6.14. The molecule has 0 bridgehead atoms. The Kier molecular flexibility index (Phi) is 0.878. The monoisotopic (exact) mass is 644 g/mol. The van der Waals surface area contributed by atoms with Crippen LogP contribution in [0.2, 0.25) is 0 Å². The van der Waals surface area contributed by atoms with Gasteiger partial charge in [0.25, 0.3) is 0 Å². The molecular weight excluding hydrogens is 613 g/mol. The number of rotatable bonds is 0. The summed E-state index contributed by atoms with van der Waals surface area (Å²) in [7, 11) is 0. The van der Waals surface area contributed by atoms with Crippen LogP contribution in [0.25, 0.3) is 0 Å². The second kappa shape index (κ2) is 2.60. The van der Waals surface area contributed by atoms with Crippen LogP contribution >= 0.6 is 0 Å². The SMILES string of the molecule is C1CC2C3C4C5C1C1C6C7C8C9C%10CC%11C%12C%13C%14CC%15C%16C%17C%18CC2%19C32C43C51C61C74C85C96C%11%10C%127C%138C%14%15C%169C%10%11C%17C%12C%18C%19%13C%12%10C%10%12C2%13C31C4%10C51C76C89C%11%121. The molecule has 24 spiro atoms. The largest absolute Gasteiger partial charge is 0.0496 e. The predicted molar refractivity (Wildman–Crippen MR) is 158 cm³/mol. The van der Waals surface area contributed by atoms with Crippen LogP contribution in [0.3, 0.4) is 0 Å². The van der Waals surface area contributed by atoms with Crippen molar-refractivity contribution in [1.82, 2.24) is 0 Å². The van der Waals surface area contributed by atoms with Crippen LogP contribution in [0.1, 0.15) is 32.1 Å². The maximum atomic E-state index is 1.97. The van der Waals surface area contributed by atoms with Gasteiger partial charge in [0.2, 0.25) is 0 Å². The zero-order chi connectivity index (χ0) is 28.2. The lowest BCUT2D eigenvalue weighted by Gasteiger charge is -3.66. The second-order valence-corrected chi connectivity index (χ2v) is 32.8. The molecule has 0 amide bonds. The lowest BCUT2D eigenvalue weighted by molar-refractivity contribution is -1.22. The Labute approximate surface area is 291 Å². The summed E-state index contributed by atoms with van der Waals surface area (Å²) in [5.41, 5.74) is 26.9. The summed E-state index contributed by atoms with van der Waals surface area (Å²) in [6.45, 7) is 0. The Balaban J connectivity index is 0.897. The summed E-state index contributed by atoms with van der Waals surface area (Å²) < 4.78 is 0. The molecule has 0 aliphatic heterocycles. The van der Waals surface area contributed by atoms with Crippen molar-refractivity contribution in [2.45, 2.75) is 32.1 Å². The second-order valence-electron chi connectivity index (χ2n) is 32.8. The van der Waals surface area contributed by atoms with E-state index in [4.69, 9.17) is 0 Å². The van der Waals surface area contributed by atoms with E-state index in [1.54, 1.807) is 0 Å². The molecular formula is C51H32. The molecule has 0 aromatic heterocycles. The maximum Gasteiger partial charge on any atom is -0.000383 e. The van der Waals surface area contributed by atoms with Gasteiger partial charge in [0.05, 0.1) is 0 Å². The summed E-state index contributed by atoms with van der Waals surface area (Å²) in [4.78, 5) is 0. The predicted octanol–water partition coefficient (Wildman–Crippen LogP) is 4.66. The van der Waals surface area contributed by atoms with E-state index in [0.29, 0.717) is 0 Å². The quantitative estimate of drug-likeness (QED) is 0.360. The van der Waals surface area contributed by atoms with Gasteiger partial charge in [-0.05, 0) is 292 Å². The molecule has 36 aliphatic rings. The maximum absolute atomic E-state index is 1.97. The van der Waals surface area contributed by atoms with Gasteiger partial charge in [-0.3, -0.25) is 0 Å². The van der Waals surface area contributed by atoms with E-state index < -0.39 is 0 Å². The fourth-order valence-electron chi connectivity index (χ4n) is 56.1. The molecule has 36 aliphatic carbocycles. The van der Waals surface area contributed by atoms with Crippen LogP contribution in [-0.4, -0.2) is 0 Å². The van der Waals surface area contributed by atoms with Gasteiger partial charge in [0, 0.05) is 0 Å². The molecule has 0 N–H and O–H groups in total. The third-order valence-corrected chi connectivity index (χ3v) is 43.8. The number of fused-ring (bicyclic) bond motifs is 12. The molecule has 46 atom stereocenters. The minimum Gasteiger partial charge on any atom is -0.0496 e. The zero-order valence-electron chi connectivity index (χ0n) is 28.2. The van der Waals surface area contributed by atoms with Crippen LogP contribution < -0.4 is 0 Å². The smallest absolute Gasteiger partial charge is 0.000383 e. The van der Waals surface area contributed by atoms with Gasteiger partial charge in [-0.2, -0.15) is 0 Å².